The second-order valence-electron chi connectivity index (χ2n) is 5.28. The van der Waals surface area contributed by atoms with Gasteiger partial charge in [-0.05, 0) is 23.4 Å². The molecule has 3 rings (SSSR count). The van der Waals surface area contributed by atoms with Crippen LogP contribution in [0.5, 0.6) is 11.6 Å². The molecule has 0 bridgehead atoms. The number of pyridine rings is 1. The molecule has 0 radical (unpaired) electrons. The molecule has 148 valence electrons. The van der Waals surface area contributed by atoms with Crippen LogP contribution in [0.2, 0.25) is 10.0 Å². The molecular weight excluding hydrogens is 434 g/mol. The van der Waals surface area contributed by atoms with Gasteiger partial charge in [-0.15, -0.1) is 10.2 Å². The molecule has 0 saturated carbocycles. The molecule has 0 aliphatic carbocycles. The van der Waals surface area contributed by atoms with Crippen LogP contribution in [0, 0.1) is 11.3 Å². The van der Waals surface area contributed by atoms with Crippen LogP contribution >= 0.6 is 23.2 Å². The van der Waals surface area contributed by atoms with Crippen molar-refractivity contribution >= 4 is 34.5 Å². The summed E-state index contributed by atoms with van der Waals surface area (Å²) in [6.07, 6.45) is -3.31. The van der Waals surface area contributed by atoms with Crippen LogP contribution in [0.4, 0.5) is 18.9 Å². The summed E-state index contributed by atoms with van der Waals surface area (Å²) in [5, 5.41) is 24.9. The number of halogens is 5. The maximum Gasteiger partial charge on any atom is 0.433 e. The first-order valence-corrected chi connectivity index (χ1v) is 8.35. The number of hydrogen-bond donors (Lipinski definition) is 2. The van der Waals surface area contributed by atoms with Crippen molar-refractivity contribution < 1.29 is 17.9 Å². The molecule has 2 heterocycles. The monoisotopic (exact) mass is 441 g/mol. The van der Waals surface area contributed by atoms with E-state index in [4.69, 9.17) is 33.2 Å². The van der Waals surface area contributed by atoms with E-state index < -0.39 is 11.9 Å². The summed E-state index contributed by atoms with van der Waals surface area (Å²) >= 11 is 12.3. The first-order chi connectivity index (χ1) is 13.8. The molecule has 0 amide bonds. The first kappa shape index (κ1) is 20.4. The van der Waals surface area contributed by atoms with Crippen LogP contribution in [0.1, 0.15) is 11.5 Å². The normalized spacial score (nSPS) is 11.8. The van der Waals surface area contributed by atoms with E-state index in [1.165, 1.54) is 24.4 Å². The second kappa shape index (κ2) is 8.34. The van der Waals surface area contributed by atoms with E-state index in [0.717, 1.165) is 12.1 Å². The number of nitrogens with one attached hydrogen (secondary N) is 2. The van der Waals surface area contributed by atoms with Gasteiger partial charge in [-0.1, -0.05) is 29.3 Å². The molecule has 29 heavy (non-hydrogen) atoms. The van der Waals surface area contributed by atoms with Gasteiger partial charge >= 0.3 is 6.18 Å². The Morgan fingerprint density at radius 3 is 2.55 bits per heavy atom. The van der Waals surface area contributed by atoms with Gasteiger partial charge in [0.15, 0.2) is 5.75 Å². The Hall–Kier alpha value is -3.36. The van der Waals surface area contributed by atoms with Gasteiger partial charge < -0.3 is 10.1 Å². The molecule has 0 saturated heterocycles. The molecule has 1 aromatic carbocycles. The van der Waals surface area contributed by atoms with Crippen molar-refractivity contribution in [1.29, 1.82) is 5.26 Å². The SMILES string of the molecule is N#CC(=CNc1cc(Cl)c(Oc2cccc(C(F)(F)F)n2)c(Cl)c1)c1nn[nH]n1. The number of H-pyrrole nitrogens is 1. The second-order valence-corrected chi connectivity index (χ2v) is 6.09. The minimum Gasteiger partial charge on any atom is -0.436 e. The number of tetrazole rings is 1. The number of alkyl halides is 3. The Kier molecular flexibility index (Phi) is 5.86. The number of aromatic amines is 1. The molecule has 0 aliphatic heterocycles. The Morgan fingerprint density at radius 1 is 1.24 bits per heavy atom. The summed E-state index contributed by atoms with van der Waals surface area (Å²) in [4.78, 5) is 3.39. The van der Waals surface area contributed by atoms with Crippen LogP contribution in [-0.2, 0) is 6.18 Å². The van der Waals surface area contributed by atoms with Crippen molar-refractivity contribution in [2.45, 2.75) is 6.18 Å². The average molecular weight is 442 g/mol. The number of benzene rings is 1. The van der Waals surface area contributed by atoms with Crippen LogP contribution in [0.15, 0.2) is 36.5 Å². The number of aromatic nitrogens is 5. The van der Waals surface area contributed by atoms with Crippen molar-refractivity contribution in [1.82, 2.24) is 25.6 Å². The van der Waals surface area contributed by atoms with Gasteiger partial charge in [-0.3, -0.25) is 0 Å². The van der Waals surface area contributed by atoms with Gasteiger partial charge in [-0.2, -0.15) is 23.6 Å². The Labute approximate surface area is 170 Å². The van der Waals surface area contributed by atoms with Crippen LogP contribution < -0.4 is 10.1 Å². The molecule has 0 spiro atoms. The fraction of sp³-hybridized carbons (Fsp3) is 0.0625. The lowest BCUT2D eigenvalue weighted by atomic mass is 10.2. The minimum atomic E-state index is -4.62. The fourth-order valence-electron chi connectivity index (χ4n) is 2.05. The summed E-state index contributed by atoms with van der Waals surface area (Å²) in [6, 6.07) is 7.89. The lowest BCUT2D eigenvalue weighted by Crippen LogP contribution is -2.08. The molecular formula is C16H8Cl2F3N7O. The topological polar surface area (TPSA) is 112 Å². The molecule has 0 atom stereocenters. The standard InChI is InChI=1S/C16H8Cl2F3N7O/c17-10-4-9(23-7-8(6-22)15-25-27-28-26-15)5-11(18)14(10)29-13-3-1-2-12(24-13)16(19,20)21/h1-5,7,23H,(H,25,26,27,28). The number of allylic oxidation sites excluding steroid dienone is 1. The van der Waals surface area contributed by atoms with E-state index >= 15 is 0 Å². The maximum atomic E-state index is 12.8. The van der Waals surface area contributed by atoms with Gasteiger partial charge in [0.2, 0.25) is 11.7 Å². The summed E-state index contributed by atoms with van der Waals surface area (Å²) in [5.41, 5.74) is -0.656. The summed E-state index contributed by atoms with van der Waals surface area (Å²) < 4.78 is 43.7. The Bertz CT molecular complexity index is 1070. The highest BCUT2D eigenvalue weighted by Crippen LogP contribution is 2.39. The highest BCUT2D eigenvalue weighted by Gasteiger charge is 2.32. The number of rotatable bonds is 5. The van der Waals surface area contributed by atoms with Crippen LogP contribution in [-0.4, -0.2) is 25.6 Å². The van der Waals surface area contributed by atoms with E-state index in [-0.39, 0.29) is 33.1 Å². The molecule has 13 heteroatoms. The predicted molar refractivity (Wildman–Crippen MR) is 97.2 cm³/mol. The predicted octanol–water partition coefficient (Wildman–Crippen LogP) is 4.69. The number of anilines is 1. The van der Waals surface area contributed by atoms with E-state index in [1.54, 1.807) is 0 Å². The van der Waals surface area contributed by atoms with Crippen LogP contribution in [0.3, 0.4) is 0 Å². The lowest BCUT2D eigenvalue weighted by Gasteiger charge is -2.12. The third-order valence-electron chi connectivity index (χ3n) is 3.31. The Balaban J connectivity index is 1.82. The zero-order chi connectivity index (χ0) is 21.0. The number of hydrogen-bond acceptors (Lipinski definition) is 7. The highest BCUT2D eigenvalue weighted by molar-refractivity contribution is 6.37. The highest BCUT2D eigenvalue weighted by atomic mass is 35.5. The molecule has 2 aromatic heterocycles. The molecule has 3 aromatic rings. The van der Waals surface area contributed by atoms with Crippen LogP contribution in [0.25, 0.3) is 5.57 Å². The summed E-state index contributed by atoms with van der Waals surface area (Å²) in [5.74, 6) is -0.325. The smallest absolute Gasteiger partial charge is 0.433 e. The van der Waals surface area contributed by atoms with E-state index in [1.807, 2.05) is 6.07 Å². The van der Waals surface area contributed by atoms with E-state index in [9.17, 15) is 13.2 Å². The zero-order valence-corrected chi connectivity index (χ0v) is 15.5. The maximum absolute atomic E-state index is 12.8. The van der Waals surface area contributed by atoms with Crippen molar-refractivity contribution in [3.05, 3.63) is 58.1 Å². The fourth-order valence-corrected chi connectivity index (χ4v) is 2.62. The van der Waals surface area contributed by atoms with Crippen molar-refractivity contribution in [2.24, 2.45) is 0 Å². The molecule has 0 aliphatic rings. The largest absolute Gasteiger partial charge is 0.436 e. The summed E-state index contributed by atoms with van der Waals surface area (Å²) in [7, 11) is 0. The first-order valence-electron chi connectivity index (χ1n) is 7.59. The minimum absolute atomic E-state index is 0.00526. The quantitative estimate of drug-likeness (QED) is 0.552. The van der Waals surface area contributed by atoms with Gasteiger partial charge in [0.1, 0.15) is 17.3 Å². The third-order valence-corrected chi connectivity index (χ3v) is 3.87. The van der Waals surface area contributed by atoms with Crippen molar-refractivity contribution in [2.75, 3.05) is 5.32 Å². The Morgan fingerprint density at radius 2 is 1.97 bits per heavy atom. The zero-order valence-electron chi connectivity index (χ0n) is 14.0. The summed E-state index contributed by atoms with van der Waals surface area (Å²) in [6.45, 7) is 0. The third kappa shape index (κ3) is 4.92. The van der Waals surface area contributed by atoms with Crippen molar-refractivity contribution in [3.63, 3.8) is 0 Å². The molecule has 0 fully saturated rings. The average Bonchev–Trinajstić information content (AvgIpc) is 3.19. The molecule has 2 N–H and O–H groups in total. The van der Waals surface area contributed by atoms with Crippen molar-refractivity contribution in [3.8, 4) is 17.7 Å². The molecule has 0 unspecified atom stereocenters. The van der Waals surface area contributed by atoms with E-state index in [2.05, 4.69) is 30.9 Å². The van der Waals surface area contributed by atoms with E-state index in [0.29, 0.717) is 5.69 Å². The number of nitriles is 1. The van der Waals surface area contributed by atoms with Gasteiger partial charge in [0.25, 0.3) is 0 Å². The molecule has 8 nitrogen and oxygen atoms in total. The van der Waals surface area contributed by atoms with Gasteiger partial charge in [-0.25, -0.2) is 4.98 Å². The number of ether oxygens (including phenoxy) is 1. The number of nitrogens with zero attached hydrogens (tertiary/aromatic N) is 5. The van der Waals surface area contributed by atoms with Gasteiger partial charge in [0, 0.05) is 18.0 Å². The lowest BCUT2D eigenvalue weighted by molar-refractivity contribution is -0.141. The van der Waals surface area contributed by atoms with Gasteiger partial charge in [0.05, 0.1) is 10.0 Å².